The molecule has 138 valence electrons. The summed E-state index contributed by atoms with van der Waals surface area (Å²) in [6.07, 6.45) is 3.66. The van der Waals surface area contributed by atoms with Crippen molar-refractivity contribution in [1.29, 1.82) is 5.26 Å². The third-order valence-corrected chi connectivity index (χ3v) is 5.57. The Morgan fingerprint density at radius 3 is 3.00 bits per heavy atom. The number of ether oxygens (including phenoxy) is 1. The van der Waals surface area contributed by atoms with Crippen LogP contribution >= 0.6 is 0 Å². The fourth-order valence-corrected chi connectivity index (χ4v) is 4.29. The number of hydrogen-bond donors (Lipinski definition) is 2. The Hall–Kier alpha value is -2.91. The summed E-state index contributed by atoms with van der Waals surface area (Å²) in [7, 11) is 0. The Bertz CT molecular complexity index is 875. The third kappa shape index (κ3) is 3.79. The number of nitrogens with one attached hydrogen (secondary N) is 1. The second-order valence-corrected chi connectivity index (χ2v) is 7.32. The van der Waals surface area contributed by atoms with Gasteiger partial charge >= 0.3 is 0 Å². The van der Waals surface area contributed by atoms with Crippen molar-refractivity contribution >= 4 is 5.78 Å². The Balaban J connectivity index is 1.37. The summed E-state index contributed by atoms with van der Waals surface area (Å²) in [6.45, 7) is 0.893. The molecule has 2 heterocycles. The van der Waals surface area contributed by atoms with E-state index < -0.39 is 0 Å². The number of aromatic nitrogens is 1. The molecule has 4 atom stereocenters. The lowest BCUT2D eigenvalue weighted by Gasteiger charge is -2.19. The van der Waals surface area contributed by atoms with Gasteiger partial charge in [0.1, 0.15) is 17.2 Å². The van der Waals surface area contributed by atoms with Crippen LogP contribution in [0.5, 0.6) is 11.5 Å². The van der Waals surface area contributed by atoms with E-state index in [1.807, 2.05) is 12.1 Å². The van der Waals surface area contributed by atoms with Gasteiger partial charge in [0, 0.05) is 12.5 Å². The predicted molar refractivity (Wildman–Crippen MR) is 98.4 cm³/mol. The molecule has 1 aliphatic heterocycles. The molecule has 6 heteroatoms. The van der Waals surface area contributed by atoms with Crippen LogP contribution in [0, 0.1) is 23.2 Å². The van der Waals surface area contributed by atoms with Gasteiger partial charge in [-0.1, -0.05) is 6.07 Å². The summed E-state index contributed by atoms with van der Waals surface area (Å²) in [5.41, 5.74) is 0.981. The van der Waals surface area contributed by atoms with Gasteiger partial charge in [-0.15, -0.1) is 0 Å². The molecule has 2 aromatic rings. The number of fused-ring (bicyclic) bond motifs is 1. The molecule has 6 nitrogen and oxygen atoms in total. The predicted octanol–water partition coefficient (Wildman–Crippen LogP) is 2.68. The van der Waals surface area contributed by atoms with E-state index in [1.165, 1.54) is 12.3 Å². The van der Waals surface area contributed by atoms with Crippen molar-refractivity contribution in [2.75, 3.05) is 6.54 Å². The minimum atomic E-state index is -0.0146. The van der Waals surface area contributed by atoms with E-state index in [2.05, 4.69) is 16.4 Å². The van der Waals surface area contributed by atoms with Crippen LogP contribution in [0.4, 0.5) is 0 Å². The first-order valence-corrected chi connectivity index (χ1v) is 9.21. The normalized spacial score (nSPS) is 26.3. The standard InChI is InChI=1S/C21H21N3O3/c22-10-13-2-1-3-16(6-13)27-17-7-14-11-23-20(18(14)8-17)9-21(26)19-5-4-15(25)12-24-19/h1-6,12,14,17-18,20,23,25H,7-9,11H2/t14-,17+,18+,20+/m1/s1. The van der Waals surface area contributed by atoms with Gasteiger partial charge < -0.3 is 15.2 Å². The van der Waals surface area contributed by atoms with Crippen LogP contribution in [0.1, 0.15) is 35.3 Å². The minimum Gasteiger partial charge on any atom is -0.506 e. The molecule has 0 amide bonds. The van der Waals surface area contributed by atoms with E-state index in [0.29, 0.717) is 29.5 Å². The van der Waals surface area contributed by atoms with Gasteiger partial charge in [0.15, 0.2) is 5.78 Å². The van der Waals surface area contributed by atoms with Gasteiger partial charge in [-0.2, -0.15) is 5.26 Å². The average Bonchev–Trinajstić information content (AvgIpc) is 3.23. The van der Waals surface area contributed by atoms with Crippen LogP contribution in [0.15, 0.2) is 42.6 Å². The summed E-state index contributed by atoms with van der Waals surface area (Å²) < 4.78 is 6.10. The molecule has 0 bridgehead atoms. The highest BCUT2D eigenvalue weighted by Gasteiger charge is 2.44. The Kier molecular flexibility index (Phi) is 4.78. The van der Waals surface area contributed by atoms with Crippen LogP contribution < -0.4 is 10.1 Å². The first kappa shape index (κ1) is 17.5. The lowest BCUT2D eigenvalue weighted by Crippen LogP contribution is -2.31. The number of nitrogens with zero attached hydrogens (tertiary/aromatic N) is 2. The van der Waals surface area contributed by atoms with Crippen molar-refractivity contribution in [3.63, 3.8) is 0 Å². The largest absolute Gasteiger partial charge is 0.506 e. The Morgan fingerprint density at radius 1 is 1.33 bits per heavy atom. The van der Waals surface area contributed by atoms with E-state index in [9.17, 15) is 9.90 Å². The lowest BCUT2D eigenvalue weighted by atomic mass is 9.90. The maximum absolute atomic E-state index is 12.5. The van der Waals surface area contributed by atoms with Gasteiger partial charge in [-0.3, -0.25) is 4.79 Å². The molecule has 1 saturated heterocycles. The van der Waals surface area contributed by atoms with Crippen LogP contribution in [-0.4, -0.2) is 34.6 Å². The summed E-state index contributed by atoms with van der Waals surface area (Å²) in [4.78, 5) is 16.5. The lowest BCUT2D eigenvalue weighted by molar-refractivity contribution is 0.0956. The van der Waals surface area contributed by atoms with Gasteiger partial charge in [0.25, 0.3) is 0 Å². The molecule has 0 radical (unpaired) electrons. The monoisotopic (exact) mass is 363 g/mol. The zero-order chi connectivity index (χ0) is 18.8. The second-order valence-electron chi connectivity index (χ2n) is 7.32. The zero-order valence-electron chi connectivity index (χ0n) is 14.8. The van der Waals surface area contributed by atoms with E-state index >= 15 is 0 Å². The first-order chi connectivity index (χ1) is 13.1. The number of benzene rings is 1. The van der Waals surface area contributed by atoms with Crippen molar-refractivity contribution in [2.24, 2.45) is 11.8 Å². The molecule has 2 fully saturated rings. The quantitative estimate of drug-likeness (QED) is 0.793. The molecule has 2 N–H and O–H groups in total. The van der Waals surface area contributed by atoms with Crippen LogP contribution in [0.2, 0.25) is 0 Å². The van der Waals surface area contributed by atoms with Crippen molar-refractivity contribution in [1.82, 2.24) is 10.3 Å². The Labute approximate surface area is 157 Å². The summed E-state index contributed by atoms with van der Waals surface area (Å²) in [6, 6.07) is 12.5. The Morgan fingerprint density at radius 2 is 2.22 bits per heavy atom. The maximum atomic E-state index is 12.5. The maximum Gasteiger partial charge on any atom is 0.182 e. The summed E-state index contributed by atoms with van der Waals surface area (Å²) in [5.74, 6) is 1.67. The minimum absolute atomic E-state index is 0.0146. The van der Waals surface area contributed by atoms with Crippen LogP contribution in [-0.2, 0) is 0 Å². The van der Waals surface area contributed by atoms with Crippen molar-refractivity contribution in [3.8, 4) is 17.6 Å². The van der Waals surface area contributed by atoms with E-state index in [4.69, 9.17) is 10.00 Å². The summed E-state index contributed by atoms with van der Waals surface area (Å²) in [5, 5.41) is 21.8. The number of hydrogen-bond acceptors (Lipinski definition) is 6. The molecule has 1 aromatic heterocycles. The molecule has 27 heavy (non-hydrogen) atoms. The second kappa shape index (κ2) is 7.37. The first-order valence-electron chi connectivity index (χ1n) is 9.21. The molecule has 0 unspecified atom stereocenters. The molecule has 2 aliphatic rings. The van der Waals surface area contributed by atoms with Gasteiger partial charge in [0.05, 0.1) is 23.9 Å². The third-order valence-electron chi connectivity index (χ3n) is 5.57. The number of aromatic hydroxyl groups is 1. The molecule has 0 spiro atoms. The molecular weight excluding hydrogens is 342 g/mol. The number of nitriles is 1. The number of rotatable bonds is 5. The molecular formula is C21H21N3O3. The SMILES string of the molecule is N#Cc1cccc(O[C@H]2C[C@@H]3CN[C@@H](CC(=O)c4ccc(O)cn4)[C@H]3C2)c1. The fourth-order valence-electron chi connectivity index (χ4n) is 4.29. The number of pyridine rings is 1. The van der Waals surface area contributed by atoms with Crippen molar-refractivity contribution in [3.05, 3.63) is 53.9 Å². The number of Topliss-reactive ketones (excluding diaryl/α,β-unsaturated/α-hetero) is 1. The number of ketones is 1. The van der Waals surface area contributed by atoms with E-state index in [1.54, 1.807) is 18.2 Å². The highest BCUT2D eigenvalue weighted by Crippen LogP contribution is 2.41. The van der Waals surface area contributed by atoms with Crippen molar-refractivity contribution in [2.45, 2.75) is 31.4 Å². The smallest absolute Gasteiger partial charge is 0.182 e. The van der Waals surface area contributed by atoms with Crippen LogP contribution in [0.25, 0.3) is 0 Å². The van der Waals surface area contributed by atoms with Gasteiger partial charge in [-0.25, -0.2) is 4.98 Å². The zero-order valence-corrected chi connectivity index (χ0v) is 14.8. The molecule has 4 rings (SSSR count). The highest BCUT2D eigenvalue weighted by molar-refractivity contribution is 5.94. The number of carbonyl (C=O) groups excluding carboxylic acids is 1. The molecule has 1 aliphatic carbocycles. The van der Waals surface area contributed by atoms with E-state index in [-0.39, 0.29) is 23.7 Å². The van der Waals surface area contributed by atoms with Crippen LogP contribution in [0.3, 0.4) is 0 Å². The average molecular weight is 363 g/mol. The van der Waals surface area contributed by atoms with Gasteiger partial charge in [0.2, 0.25) is 0 Å². The highest BCUT2D eigenvalue weighted by atomic mass is 16.5. The van der Waals surface area contributed by atoms with Crippen molar-refractivity contribution < 1.29 is 14.6 Å². The molecule has 1 aromatic carbocycles. The fraction of sp³-hybridized carbons (Fsp3) is 0.381. The van der Waals surface area contributed by atoms with Gasteiger partial charge in [-0.05, 0) is 61.6 Å². The number of carbonyl (C=O) groups is 1. The summed E-state index contributed by atoms with van der Waals surface area (Å²) >= 11 is 0. The van der Waals surface area contributed by atoms with E-state index in [0.717, 1.165) is 25.1 Å². The topological polar surface area (TPSA) is 95.2 Å². The molecule has 1 saturated carbocycles.